The molecule has 1 aromatic carbocycles. The number of thiophene rings is 1. The largest absolute Gasteiger partial charge is 0.504 e. The molecule has 18 heavy (non-hydrogen) atoms. The summed E-state index contributed by atoms with van der Waals surface area (Å²) in [7, 11) is 1.51. The van der Waals surface area contributed by atoms with Gasteiger partial charge in [0.1, 0.15) is 0 Å². The quantitative estimate of drug-likeness (QED) is 0.841. The summed E-state index contributed by atoms with van der Waals surface area (Å²) in [6.45, 7) is 0. The van der Waals surface area contributed by atoms with Crippen molar-refractivity contribution >= 4 is 17.1 Å². The molecule has 3 nitrogen and oxygen atoms in total. The van der Waals surface area contributed by atoms with Crippen LogP contribution < -0.4 is 4.74 Å². The number of ether oxygens (including phenoxy) is 1. The number of Topliss-reactive ketones (excluding diaryl/α,β-unsaturated/α-hetero) is 1. The van der Waals surface area contributed by atoms with Crippen molar-refractivity contribution in [3.8, 4) is 11.5 Å². The summed E-state index contributed by atoms with van der Waals surface area (Å²) in [5, 5.41) is 11.8. The monoisotopic (exact) mass is 262 g/mol. The Morgan fingerprint density at radius 3 is 2.83 bits per heavy atom. The van der Waals surface area contributed by atoms with Crippen LogP contribution in [0.1, 0.15) is 21.7 Å². The van der Waals surface area contributed by atoms with Gasteiger partial charge in [-0.2, -0.15) is 0 Å². The van der Waals surface area contributed by atoms with E-state index in [0.717, 1.165) is 10.4 Å². The van der Waals surface area contributed by atoms with Crippen molar-refractivity contribution in [1.82, 2.24) is 0 Å². The van der Waals surface area contributed by atoms with E-state index in [1.54, 1.807) is 12.1 Å². The predicted molar refractivity (Wildman–Crippen MR) is 71.6 cm³/mol. The molecule has 0 aliphatic rings. The highest BCUT2D eigenvalue weighted by Crippen LogP contribution is 2.30. The zero-order valence-corrected chi connectivity index (χ0v) is 10.9. The van der Waals surface area contributed by atoms with Gasteiger partial charge >= 0.3 is 0 Å². The van der Waals surface area contributed by atoms with E-state index in [1.807, 2.05) is 23.6 Å². The Morgan fingerprint density at radius 1 is 1.33 bits per heavy atom. The number of hydrogen-bond acceptors (Lipinski definition) is 4. The second-order valence-electron chi connectivity index (χ2n) is 3.87. The van der Waals surface area contributed by atoms with E-state index in [-0.39, 0.29) is 11.5 Å². The average molecular weight is 262 g/mol. The highest BCUT2D eigenvalue weighted by Gasteiger charge is 2.11. The van der Waals surface area contributed by atoms with E-state index in [2.05, 4.69) is 0 Å². The normalized spacial score (nSPS) is 10.3. The Hall–Kier alpha value is -1.81. The summed E-state index contributed by atoms with van der Waals surface area (Å²) in [5.41, 5.74) is 0.735. The minimum atomic E-state index is 0.104. The van der Waals surface area contributed by atoms with Gasteiger partial charge < -0.3 is 9.84 Å². The third kappa shape index (κ3) is 2.71. The number of rotatable bonds is 5. The van der Waals surface area contributed by atoms with E-state index in [1.165, 1.54) is 18.4 Å². The fourth-order valence-corrected chi connectivity index (χ4v) is 2.44. The first-order valence-electron chi connectivity index (χ1n) is 5.64. The van der Waals surface area contributed by atoms with Gasteiger partial charge in [0, 0.05) is 6.42 Å². The van der Waals surface area contributed by atoms with Gasteiger partial charge in [0.05, 0.1) is 12.0 Å². The summed E-state index contributed by atoms with van der Waals surface area (Å²) in [5.74, 6) is 0.669. The number of hydrogen-bond donors (Lipinski definition) is 1. The molecule has 1 aromatic heterocycles. The van der Waals surface area contributed by atoms with Gasteiger partial charge in [0.2, 0.25) is 0 Å². The number of carbonyl (C=O) groups is 1. The fourth-order valence-electron chi connectivity index (χ4n) is 1.74. The molecule has 1 N–H and O–H groups in total. The number of phenols is 1. The van der Waals surface area contributed by atoms with Crippen LogP contribution in [0.2, 0.25) is 0 Å². The van der Waals surface area contributed by atoms with Crippen molar-refractivity contribution in [2.45, 2.75) is 12.8 Å². The molecule has 0 bridgehead atoms. The van der Waals surface area contributed by atoms with E-state index in [4.69, 9.17) is 4.74 Å². The van der Waals surface area contributed by atoms with Crippen LogP contribution in [0.3, 0.4) is 0 Å². The molecule has 1 heterocycles. The third-order valence-corrected chi connectivity index (χ3v) is 3.63. The van der Waals surface area contributed by atoms with E-state index < -0.39 is 0 Å². The van der Waals surface area contributed by atoms with Gasteiger partial charge in [-0.15, -0.1) is 11.3 Å². The molecule has 0 spiro atoms. The van der Waals surface area contributed by atoms with Gasteiger partial charge in [-0.3, -0.25) is 4.79 Å². The molecule has 0 aliphatic carbocycles. The van der Waals surface area contributed by atoms with E-state index >= 15 is 0 Å². The zero-order chi connectivity index (χ0) is 13.0. The first kappa shape index (κ1) is 12.6. The maximum absolute atomic E-state index is 11.8. The lowest BCUT2D eigenvalue weighted by Gasteiger charge is -2.07. The van der Waals surface area contributed by atoms with Crippen LogP contribution in [0.25, 0.3) is 0 Å². The lowest BCUT2D eigenvalue weighted by molar-refractivity contribution is 0.0986. The van der Waals surface area contributed by atoms with Gasteiger partial charge in [0.15, 0.2) is 17.3 Å². The van der Waals surface area contributed by atoms with E-state index in [9.17, 15) is 9.90 Å². The Kier molecular flexibility index (Phi) is 3.99. The van der Waals surface area contributed by atoms with Crippen LogP contribution in [0, 0.1) is 0 Å². The second kappa shape index (κ2) is 5.69. The Balaban J connectivity index is 2.05. The molecule has 4 heteroatoms. The molecular formula is C14H14O3S. The number of methoxy groups -OCH3 is 1. The molecule has 0 fully saturated rings. The number of phenolic OH excluding ortho intramolecular Hbond substituents is 1. The minimum absolute atomic E-state index is 0.104. The molecule has 0 unspecified atom stereocenters. The number of ketones is 1. The van der Waals surface area contributed by atoms with Crippen LogP contribution in [0.15, 0.2) is 35.7 Å². The lowest BCUT2D eigenvalue weighted by atomic mass is 10.1. The standard InChI is InChI=1S/C14H14O3S/c1-17-12-5-2-4-10(14(12)16)7-8-11(15)13-6-3-9-18-13/h2-6,9,16H,7-8H2,1H3. The molecule has 94 valence electrons. The SMILES string of the molecule is COc1cccc(CCC(=O)c2cccs2)c1O. The highest BCUT2D eigenvalue weighted by atomic mass is 32.1. The Bertz CT molecular complexity index is 532. The number of aryl methyl sites for hydroxylation is 1. The Morgan fingerprint density at radius 2 is 2.17 bits per heavy atom. The van der Waals surface area contributed by atoms with Crippen LogP contribution in [0.5, 0.6) is 11.5 Å². The molecule has 0 radical (unpaired) electrons. The predicted octanol–water partition coefficient (Wildman–Crippen LogP) is 3.28. The third-order valence-electron chi connectivity index (χ3n) is 2.72. The number of aromatic hydroxyl groups is 1. The van der Waals surface area contributed by atoms with Gasteiger partial charge in [0.25, 0.3) is 0 Å². The van der Waals surface area contributed by atoms with E-state index in [0.29, 0.717) is 18.6 Å². The van der Waals surface area contributed by atoms with Crippen molar-refractivity contribution in [3.63, 3.8) is 0 Å². The molecule has 2 rings (SSSR count). The molecule has 0 amide bonds. The maximum atomic E-state index is 11.8. The summed E-state index contributed by atoms with van der Waals surface area (Å²) >= 11 is 1.44. The average Bonchev–Trinajstić information content (AvgIpc) is 2.91. The zero-order valence-electron chi connectivity index (χ0n) is 10.1. The van der Waals surface area contributed by atoms with Crippen molar-refractivity contribution in [2.75, 3.05) is 7.11 Å². The first-order valence-corrected chi connectivity index (χ1v) is 6.52. The minimum Gasteiger partial charge on any atom is -0.504 e. The van der Waals surface area contributed by atoms with Crippen molar-refractivity contribution in [2.24, 2.45) is 0 Å². The lowest BCUT2D eigenvalue weighted by Crippen LogP contribution is -1.99. The number of para-hydroxylation sites is 1. The van der Waals surface area contributed by atoms with Crippen LogP contribution in [0.4, 0.5) is 0 Å². The van der Waals surface area contributed by atoms with Crippen LogP contribution >= 0.6 is 11.3 Å². The van der Waals surface area contributed by atoms with Crippen LogP contribution in [-0.4, -0.2) is 18.0 Å². The summed E-state index contributed by atoms with van der Waals surface area (Å²) in [6, 6.07) is 8.99. The van der Waals surface area contributed by atoms with Gasteiger partial charge in [-0.05, 0) is 29.5 Å². The molecular weight excluding hydrogens is 248 g/mol. The van der Waals surface area contributed by atoms with Gasteiger partial charge in [-0.1, -0.05) is 18.2 Å². The summed E-state index contributed by atoms with van der Waals surface area (Å²) in [4.78, 5) is 12.6. The van der Waals surface area contributed by atoms with Crippen molar-refractivity contribution in [3.05, 3.63) is 46.2 Å². The fraction of sp³-hybridized carbons (Fsp3) is 0.214. The molecule has 2 aromatic rings. The highest BCUT2D eigenvalue weighted by molar-refractivity contribution is 7.12. The maximum Gasteiger partial charge on any atom is 0.173 e. The van der Waals surface area contributed by atoms with Crippen LogP contribution in [-0.2, 0) is 6.42 Å². The molecule has 0 saturated heterocycles. The first-order chi connectivity index (χ1) is 8.72. The smallest absolute Gasteiger partial charge is 0.173 e. The second-order valence-corrected chi connectivity index (χ2v) is 4.82. The van der Waals surface area contributed by atoms with Crippen molar-refractivity contribution in [1.29, 1.82) is 0 Å². The number of benzene rings is 1. The summed E-state index contributed by atoms with van der Waals surface area (Å²) in [6.07, 6.45) is 0.904. The molecule has 0 aliphatic heterocycles. The molecule has 0 saturated carbocycles. The molecule has 0 atom stereocenters. The van der Waals surface area contributed by atoms with Crippen molar-refractivity contribution < 1.29 is 14.6 Å². The summed E-state index contributed by atoms with van der Waals surface area (Å²) < 4.78 is 5.03. The Labute approximate surface area is 110 Å². The van der Waals surface area contributed by atoms with Gasteiger partial charge in [-0.25, -0.2) is 0 Å². The topological polar surface area (TPSA) is 46.5 Å². The number of carbonyl (C=O) groups excluding carboxylic acids is 1.